The molecule has 2 atom stereocenters. The molecule has 1 fully saturated rings. The highest BCUT2D eigenvalue weighted by Crippen LogP contribution is 2.21. The number of nitrogens with zero attached hydrogens (tertiary/aromatic N) is 1. The van der Waals surface area contributed by atoms with Gasteiger partial charge in [0.25, 0.3) is 0 Å². The lowest BCUT2D eigenvalue weighted by Crippen LogP contribution is -2.42. The minimum absolute atomic E-state index is 0.366. The maximum absolute atomic E-state index is 10.9. The highest BCUT2D eigenvalue weighted by Gasteiger charge is 2.31. The van der Waals surface area contributed by atoms with Crippen LogP contribution in [0.5, 0.6) is 0 Å². The first kappa shape index (κ1) is 10.3. The third-order valence-corrected chi connectivity index (χ3v) is 2.68. The average molecular weight is 183 g/mol. The van der Waals surface area contributed by atoms with Crippen molar-refractivity contribution in [1.29, 1.82) is 0 Å². The van der Waals surface area contributed by atoms with Crippen molar-refractivity contribution in [2.75, 3.05) is 6.54 Å². The number of hydrogen-bond acceptors (Lipinski definition) is 2. The van der Waals surface area contributed by atoms with Crippen LogP contribution in [0.2, 0.25) is 0 Å². The van der Waals surface area contributed by atoms with Gasteiger partial charge in [0.05, 0.1) is 0 Å². The molecule has 0 amide bonds. The Balaban J connectivity index is 2.62. The number of likely N-dealkylation sites (tertiary alicyclic amines) is 1. The van der Waals surface area contributed by atoms with Crippen LogP contribution in [0.4, 0.5) is 0 Å². The molecular formula is C10H17NO2. The second-order valence-corrected chi connectivity index (χ2v) is 3.61. The highest BCUT2D eigenvalue weighted by atomic mass is 16.4. The Morgan fingerprint density at radius 1 is 1.85 bits per heavy atom. The van der Waals surface area contributed by atoms with Crippen molar-refractivity contribution in [3.63, 3.8) is 0 Å². The standard InChI is InChI=1S/C10H17NO2/c1-3-5-9(10(12)13)11-7-4-6-8(11)2/h3,8-9H,1,4-7H2,2H3,(H,12,13). The first-order chi connectivity index (χ1) is 6.16. The Morgan fingerprint density at radius 2 is 2.54 bits per heavy atom. The fourth-order valence-corrected chi connectivity index (χ4v) is 1.95. The van der Waals surface area contributed by atoms with Gasteiger partial charge in [-0.3, -0.25) is 9.69 Å². The summed E-state index contributed by atoms with van der Waals surface area (Å²) in [6.07, 6.45) is 4.45. The lowest BCUT2D eigenvalue weighted by molar-refractivity contribution is -0.143. The molecule has 0 aromatic carbocycles. The van der Waals surface area contributed by atoms with Crippen molar-refractivity contribution in [1.82, 2.24) is 4.90 Å². The van der Waals surface area contributed by atoms with Gasteiger partial charge in [-0.25, -0.2) is 0 Å². The van der Waals surface area contributed by atoms with E-state index in [1.54, 1.807) is 6.08 Å². The van der Waals surface area contributed by atoms with E-state index in [0.29, 0.717) is 12.5 Å². The molecule has 1 heterocycles. The Bertz CT molecular complexity index is 203. The summed E-state index contributed by atoms with van der Waals surface area (Å²) in [7, 11) is 0. The molecule has 1 aliphatic heterocycles. The van der Waals surface area contributed by atoms with Crippen molar-refractivity contribution in [2.45, 2.75) is 38.3 Å². The fourth-order valence-electron chi connectivity index (χ4n) is 1.95. The van der Waals surface area contributed by atoms with Crippen molar-refractivity contribution >= 4 is 5.97 Å². The molecule has 13 heavy (non-hydrogen) atoms. The summed E-state index contributed by atoms with van der Waals surface area (Å²) in [6.45, 7) is 6.59. The van der Waals surface area contributed by atoms with Crippen molar-refractivity contribution < 1.29 is 9.90 Å². The molecule has 0 spiro atoms. The van der Waals surface area contributed by atoms with Gasteiger partial charge in [-0.05, 0) is 32.7 Å². The summed E-state index contributed by atoms with van der Waals surface area (Å²) >= 11 is 0. The molecule has 2 unspecified atom stereocenters. The normalized spacial score (nSPS) is 25.8. The smallest absolute Gasteiger partial charge is 0.321 e. The minimum atomic E-state index is -0.728. The highest BCUT2D eigenvalue weighted by molar-refractivity contribution is 5.73. The van der Waals surface area contributed by atoms with Gasteiger partial charge in [-0.1, -0.05) is 6.08 Å². The molecule has 1 N–H and O–H groups in total. The molecule has 3 nitrogen and oxygen atoms in total. The number of aliphatic carboxylic acids is 1. The quantitative estimate of drug-likeness (QED) is 0.671. The van der Waals surface area contributed by atoms with E-state index in [-0.39, 0.29) is 6.04 Å². The second-order valence-electron chi connectivity index (χ2n) is 3.61. The number of hydrogen-bond donors (Lipinski definition) is 1. The van der Waals surface area contributed by atoms with E-state index in [2.05, 4.69) is 18.4 Å². The summed E-state index contributed by atoms with van der Waals surface area (Å²) in [4.78, 5) is 13.0. The molecule has 74 valence electrons. The van der Waals surface area contributed by atoms with Crippen LogP contribution < -0.4 is 0 Å². The predicted molar refractivity (Wildman–Crippen MR) is 51.6 cm³/mol. The van der Waals surface area contributed by atoms with Crippen LogP contribution in [0.3, 0.4) is 0 Å². The maximum Gasteiger partial charge on any atom is 0.321 e. The van der Waals surface area contributed by atoms with E-state index in [4.69, 9.17) is 5.11 Å². The lowest BCUT2D eigenvalue weighted by Gasteiger charge is -2.27. The van der Waals surface area contributed by atoms with E-state index >= 15 is 0 Å². The van der Waals surface area contributed by atoms with Gasteiger partial charge in [-0.15, -0.1) is 6.58 Å². The molecule has 1 rings (SSSR count). The van der Waals surface area contributed by atoms with Gasteiger partial charge in [0, 0.05) is 6.04 Å². The Kier molecular flexibility index (Phi) is 3.48. The van der Waals surface area contributed by atoms with E-state index in [1.165, 1.54) is 0 Å². The van der Waals surface area contributed by atoms with Crippen LogP contribution in [0, 0.1) is 0 Å². The van der Waals surface area contributed by atoms with Gasteiger partial charge in [0.2, 0.25) is 0 Å². The zero-order chi connectivity index (χ0) is 9.84. The van der Waals surface area contributed by atoms with E-state index in [0.717, 1.165) is 19.4 Å². The van der Waals surface area contributed by atoms with E-state index < -0.39 is 5.97 Å². The summed E-state index contributed by atoms with van der Waals surface area (Å²) in [5.74, 6) is -0.728. The third kappa shape index (κ3) is 2.31. The van der Waals surface area contributed by atoms with Crippen LogP contribution >= 0.6 is 0 Å². The molecule has 0 aromatic rings. The van der Waals surface area contributed by atoms with Crippen LogP contribution in [0.25, 0.3) is 0 Å². The Hall–Kier alpha value is -0.830. The summed E-state index contributed by atoms with van der Waals surface area (Å²) in [6, 6.07) is 0.0380. The zero-order valence-electron chi connectivity index (χ0n) is 8.07. The third-order valence-electron chi connectivity index (χ3n) is 2.68. The number of carboxylic acid groups (broad SMARTS) is 1. The molecule has 3 heteroatoms. The number of carboxylic acids is 1. The first-order valence-corrected chi connectivity index (χ1v) is 4.76. The molecule has 1 aliphatic rings. The summed E-state index contributed by atoms with van der Waals surface area (Å²) < 4.78 is 0. The van der Waals surface area contributed by atoms with Crippen molar-refractivity contribution in [3.05, 3.63) is 12.7 Å². The monoisotopic (exact) mass is 183 g/mol. The second kappa shape index (κ2) is 4.42. The molecule has 0 bridgehead atoms. The lowest BCUT2D eigenvalue weighted by atomic mass is 10.1. The molecule has 0 aromatic heterocycles. The predicted octanol–water partition coefficient (Wildman–Crippen LogP) is 1.50. The Labute approximate surface area is 79.0 Å². The van der Waals surface area contributed by atoms with Crippen molar-refractivity contribution in [3.8, 4) is 0 Å². The van der Waals surface area contributed by atoms with Gasteiger partial charge >= 0.3 is 5.97 Å². The van der Waals surface area contributed by atoms with Gasteiger partial charge in [0.1, 0.15) is 6.04 Å². The fraction of sp³-hybridized carbons (Fsp3) is 0.700. The van der Waals surface area contributed by atoms with Crippen LogP contribution in [-0.2, 0) is 4.79 Å². The topological polar surface area (TPSA) is 40.5 Å². The molecule has 0 radical (unpaired) electrons. The number of rotatable bonds is 4. The first-order valence-electron chi connectivity index (χ1n) is 4.76. The van der Waals surface area contributed by atoms with E-state index in [9.17, 15) is 4.79 Å². The van der Waals surface area contributed by atoms with E-state index in [1.807, 2.05) is 0 Å². The minimum Gasteiger partial charge on any atom is -0.480 e. The van der Waals surface area contributed by atoms with Crippen LogP contribution in [0.15, 0.2) is 12.7 Å². The number of carbonyl (C=O) groups is 1. The van der Waals surface area contributed by atoms with Gasteiger partial charge < -0.3 is 5.11 Å². The van der Waals surface area contributed by atoms with Crippen molar-refractivity contribution in [2.24, 2.45) is 0 Å². The average Bonchev–Trinajstić information content (AvgIpc) is 2.47. The molecule has 1 saturated heterocycles. The maximum atomic E-state index is 10.9. The van der Waals surface area contributed by atoms with Crippen LogP contribution in [0.1, 0.15) is 26.2 Å². The zero-order valence-corrected chi connectivity index (χ0v) is 8.07. The Morgan fingerprint density at radius 3 is 2.92 bits per heavy atom. The summed E-state index contributed by atoms with van der Waals surface area (Å²) in [5, 5.41) is 8.99. The SMILES string of the molecule is C=CCC(C(=O)O)N1CCCC1C. The molecular weight excluding hydrogens is 166 g/mol. The molecule has 0 saturated carbocycles. The van der Waals surface area contributed by atoms with Gasteiger partial charge in [-0.2, -0.15) is 0 Å². The largest absolute Gasteiger partial charge is 0.480 e. The van der Waals surface area contributed by atoms with Gasteiger partial charge in [0.15, 0.2) is 0 Å². The summed E-state index contributed by atoms with van der Waals surface area (Å²) in [5.41, 5.74) is 0. The van der Waals surface area contributed by atoms with Crippen LogP contribution in [-0.4, -0.2) is 34.6 Å². The molecule has 0 aliphatic carbocycles.